The van der Waals surface area contributed by atoms with Crippen LogP contribution in [0.2, 0.25) is 0 Å². The quantitative estimate of drug-likeness (QED) is 0.666. The van der Waals surface area contributed by atoms with Crippen molar-refractivity contribution in [2.24, 2.45) is 0 Å². The maximum atomic E-state index is 13.9. The average molecular weight is 377 g/mol. The highest BCUT2D eigenvalue weighted by Crippen LogP contribution is 2.25. The van der Waals surface area contributed by atoms with Crippen molar-refractivity contribution in [2.45, 2.75) is 11.3 Å². The van der Waals surface area contributed by atoms with E-state index in [2.05, 4.69) is 4.72 Å². The minimum absolute atomic E-state index is 0.237. The molecule has 3 aromatic rings. The molecule has 0 unspecified atom stereocenters. The van der Waals surface area contributed by atoms with E-state index in [1.807, 2.05) is 30.3 Å². The lowest BCUT2D eigenvalue weighted by atomic mass is 10.0. The Morgan fingerprint density at radius 3 is 2.15 bits per heavy atom. The molecule has 0 fully saturated rings. The molecule has 7 heteroatoms. The molecule has 1 N–H and O–H groups in total. The number of anilines is 1. The molecule has 3 nitrogen and oxygen atoms in total. The maximum absolute atomic E-state index is 13.9. The molecular formula is C19H14F3NO2S. The van der Waals surface area contributed by atoms with Gasteiger partial charge in [-0.15, -0.1) is 0 Å². The van der Waals surface area contributed by atoms with Crippen LogP contribution in [0.25, 0.3) is 0 Å². The van der Waals surface area contributed by atoms with Gasteiger partial charge < -0.3 is 0 Å². The Hall–Kier alpha value is -2.80. The van der Waals surface area contributed by atoms with E-state index in [1.165, 1.54) is 6.07 Å². The van der Waals surface area contributed by atoms with Crippen molar-refractivity contribution in [1.82, 2.24) is 0 Å². The second-order valence-electron chi connectivity index (χ2n) is 5.60. The van der Waals surface area contributed by atoms with Crippen molar-refractivity contribution in [3.63, 3.8) is 0 Å². The lowest BCUT2D eigenvalue weighted by Crippen LogP contribution is -2.17. The van der Waals surface area contributed by atoms with E-state index in [0.717, 1.165) is 5.56 Å². The first-order valence-electron chi connectivity index (χ1n) is 7.66. The summed E-state index contributed by atoms with van der Waals surface area (Å²) in [5, 5.41) is 0. The first-order valence-corrected chi connectivity index (χ1v) is 9.15. The summed E-state index contributed by atoms with van der Waals surface area (Å²) >= 11 is 0. The van der Waals surface area contributed by atoms with Crippen molar-refractivity contribution < 1.29 is 21.6 Å². The zero-order chi connectivity index (χ0) is 18.7. The number of hydrogen-bond acceptors (Lipinski definition) is 2. The SMILES string of the molecule is O=S(=O)(Nc1ccccc1Cc1ccccc1)c1ccc(F)c(F)c1F. The summed E-state index contributed by atoms with van der Waals surface area (Å²) in [5.41, 5.74) is 1.85. The Morgan fingerprint density at radius 1 is 0.769 bits per heavy atom. The van der Waals surface area contributed by atoms with E-state index in [0.29, 0.717) is 24.1 Å². The highest BCUT2D eigenvalue weighted by atomic mass is 32.2. The highest BCUT2D eigenvalue weighted by molar-refractivity contribution is 7.92. The van der Waals surface area contributed by atoms with Crippen LogP contribution >= 0.6 is 0 Å². The summed E-state index contributed by atoms with van der Waals surface area (Å²) in [6.45, 7) is 0. The number of sulfonamides is 1. The molecular weight excluding hydrogens is 363 g/mol. The van der Waals surface area contributed by atoms with Crippen LogP contribution in [0, 0.1) is 17.5 Å². The van der Waals surface area contributed by atoms with Gasteiger partial charge in [-0.3, -0.25) is 4.72 Å². The summed E-state index contributed by atoms with van der Waals surface area (Å²) < 4.78 is 67.5. The number of rotatable bonds is 5. The van der Waals surface area contributed by atoms with Gasteiger partial charge in [-0.05, 0) is 35.7 Å². The molecule has 0 aliphatic rings. The minimum atomic E-state index is -4.43. The fraction of sp³-hybridized carbons (Fsp3) is 0.0526. The maximum Gasteiger partial charge on any atom is 0.264 e. The minimum Gasteiger partial charge on any atom is -0.279 e. The third-order valence-electron chi connectivity index (χ3n) is 3.79. The Morgan fingerprint density at radius 2 is 1.42 bits per heavy atom. The predicted molar refractivity (Wildman–Crippen MR) is 92.8 cm³/mol. The van der Waals surface area contributed by atoms with Gasteiger partial charge in [-0.1, -0.05) is 48.5 Å². The summed E-state index contributed by atoms with van der Waals surface area (Å²) in [4.78, 5) is -0.953. The van der Waals surface area contributed by atoms with Crippen LogP contribution in [0.3, 0.4) is 0 Å². The molecule has 0 aliphatic heterocycles. The van der Waals surface area contributed by atoms with Crippen LogP contribution in [-0.4, -0.2) is 8.42 Å². The number of hydrogen-bond donors (Lipinski definition) is 1. The van der Waals surface area contributed by atoms with Crippen LogP contribution < -0.4 is 4.72 Å². The second-order valence-corrected chi connectivity index (χ2v) is 7.25. The largest absolute Gasteiger partial charge is 0.279 e. The van der Waals surface area contributed by atoms with Gasteiger partial charge in [0, 0.05) is 0 Å². The Balaban J connectivity index is 1.95. The summed E-state index contributed by atoms with van der Waals surface area (Å²) in [6, 6.07) is 17.2. The van der Waals surface area contributed by atoms with E-state index >= 15 is 0 Å². The highest BCUT2D eigenvalue weighted by Gasteiger charge is 2.24. The number of halogens is 3. The van der Waals surface area contributed by atoms with Gasteiger partial charge in [0.2, 0.25) is 0 Å². The average Bonchev–Trinajstić information content (AvgIpc) is 2.62. The zero-order valence-corrected chi connectivity index (χ0v) is 14.2. The topological polar surface area (TPSA) is 46.2 Å². The Kier molecular flexibility index (Phi) is 4.99. The van der Waals surface area contributed by atoms with Crippen molar-refractivity contribution >= 4 is 15.7 Å². The van der Waals surface area contributed by atoms with Crippen molar-refractivity contribution in [3.05, 3.63) is 95.3 Å². The van der Waals surface area contributed by atoms with Crippen molar-refractivity contribution in [1.29, 1.82) is 0 Å². The standard InChI is InChI=1S/C19H14F3NO2S/c20-15-10-11-17(19(22)18(15)21)26(24,25)23-16-9-5-4-8-14(16)12-13-6-2-1-3-7-13/h1-11,23H,12H2. The van der Waals surface area contributed by atoms with Crippen LogP contribution in [0.5, 0.6) is 0 Å². The first kappa shape index (κ1) is 18.0. The van der Waals surface area contributed by atoms with Crippen molar-refractivity contribution in [3.8, 4) is 0 Å². The summed E-state index contributed by atoms with van der Waals surface area (Å²) in [5.74, 6) is -5.03. The van der Waals surface area contributed by atoms with E-state index in [1.54, 1.807) is 18.2 Å². The Bertz CT molecular complexity index is 1040. The number of para-hydroxylation sites is 1. The molecule has 0 amide bonds. The molecule has 0 bridgehead atoms. The molecule has 0 atom stereocenters. The predicted octanol–water partition coefficient (Wildman–Crippen LogP) is 4.50. The molecule has 26 heavy (non-hydrogen) atoms. The van der Waals surface area contributed by atoms with Crippen LogP contribution in [-0.2, 0) is 16.4 Å². The van der Waals surface area contributed by atoms with Crippen LogP contribution in [0.15, 0.2) is 71.6 Å². The van der Waals surface area contributed by atoms with E-state index in [9.17, 15) is 21.6 Å². The summed E-state index contributed by atoms with van der Waals surface area (Å²) in [6.07, 6.45) is 0.444. The van der Waals surface area contributed by atoms with Gasteiger partial charge in [0.05, 0.1) is 5.69 Å². The van der Waals surface area contributed by atoms with Gasteiger partial charge in [-0.25, -0.2) is 21.6 Å². The van der Waals surface area contributed by atoms with E-state index in [-0.39, 0.29) is 5.69 Å². The Labute approximate surface area is 149 Å². The zero-order valence-electron chi connectivity index (χ0n) is 13.4. The summed E-state index contributed by atoms with van der Waals surface area (Å²) in [7, 11) is -4.43. The monoisotopic (exact) mass is 377 g/mol. The van der Waals surface area contributed by atoms with Crippen molar-refractivity contribution in [2.75, 3.05) is 4.72 Å². The molecule has 0 saturated carbocycles. The molecule has 0 spiro atoms. The first-order chi connectivity index (χ1) is 12.4. The van der Waals surface area contributed by atoms with Crippen LogP contribution in [0.4, 0.5) is 18.9 Å². The fourth-order valence-electron chi connectivity index (χ4n) is 2.51. The van der Waals surface area contributed by atoms with Gasteiger partial charge in [0.1, 0.15) is 4.90 Å². The molecule has 0 heterocycles. The molecule has 0 aliphatic carbocycles. The molecule has 3 rings (SSSR count). The molecule has 0 radical (unpaired) electrons. The third-order valence-corrected chi connectivity index (χ3v) is 5.17. The molecule has 0 aromatic heterocycles. The molecule has 134 valence electrons. The fourth-order valence-corrected chi connectivity index (χ4v) is 3.68. The van der Waals surface area contributed by atoms with Gasteiger partial charge in [0.15, 0.2) is 17.5 Å². The number of benzene rings is 3. The van der Waals surface area contributed by atoms with E-state index < -0.39 is 32.4 Å². The lowest BCUT2D eigenvalue weighted by Gasteiger charge is -2.13. The number of nitrogens with one attached hydrogen (secondary N) is 1. The molecule has 0 saturated heterocycles. The lowest BCUT2D eigenvalue weighted by molar-refractivity contribution is 0.432. The smallest absolute Gasteiger partial charge is 0.264 e. The van der Waals surface area contributed by atoms with E-state index in [4.69, 9.17) is 0 Å². The normalized spacial score (nSPS) is 11.3. The third kappa shape index (κ3) is 3.72. The van der Waals surface area contributed by atoms with Crippen LogP contribution in [0.1, 0.15) is 11.1 Å². The van der Waals surface area contributed by atoms with Gasteiger partial charge in [-0.2, -0.15) is 0 Å². The second kappa shape index (κ2) is 7.21. The van der Waals surface area contributed by atoms with Gasteiger partial charge in [0.25, 0.3) is 10.0 Å². The molecule has 3 aromatic carbocycles. The van der Waals surface area contributed by atoms with Gasteiger partial charge >= 0.3 is 0 Å².